The first-order valence-corrected chi connectivity index (χ1v) is 11.8. The SMILES string of the molecule is C=CCn1c(SCC(=O)Nc2cc(C(=O)OC)cc(C(=O)OC)c2)nnc1-c1ccc(N(C)C)cc1. The first-order chi connectivity index (χ1) is 17.3. The fourth-order valence-electron chi connectivity index (χ4n) is 3.31. The van der Waals surface area contributed by atoms with Crippen molar-refractivity contribution in [2.24, 2.45) is 0 Å². The highest BCUT2D eigenvalue weighted by molar-refractivity contribution is 7.99. The number of nitrogens with zero attached hydrogens (tertiary/aromatic N) is 4. The van der Waals surface area contributed by atoms with Gasteiger partial charge in [-0.3, -0.25) is 9.36 Å². The molecule has 1 N–H and O–H groups in total. The lowest BCUT2D eigenvalue weighted by molar-refractivity contribution is -0.113. The zero-order valence-corrected chi connectivity index (χ0v) is 21.3. The molecule has 0 saturated carbocycles. The summed E-state index contributed by atoms with van der Waals surface area (Å²) in [5.41, 5.74) is 2.43. The van der Waals surface area contributed by atoms with E-state index in [0.29, 0.717) is 17.5 Å². The highest BCUT2D eigenvalue weighted by atomic mass is 32.2. The fourth-order valence-corrected chi connectivity index (χ4v) is 4.06. The van der Waals surface area contributed by atoms with Crippen molar-refractivity contribution in [3.8, 4) is 11.4 Å². The quantitative estimate of drug-likeness (QED) is 0.249. The van der Waals surface area contributed by atoms with Crippen LogP contribution in [0.15, 0.2) is 60.3 Å². The summed E-state index contributed by atoms with van der Waals surface area (Å²) in [6, 6.07) is 12.1. The van der Waals surface area contributed by atoms with Gasteiger partial charge in [-0.15, -0.1) is 16.8 Å². The van der Waals surface area contributed by atoms with Gasteiger partial charge in [-0.1, -0.05) is 17.8 Å². The third-order valence-corrected chi connectivity index (χ3v) is 6.03. The van der Waals surface area contributed by atoms with E-state index in [1.807, 2.05) is 47.8 Å². The van der Waals surface area contributed by atoms with E-state index in [1.165, 1.54) is 44.2 Å². The number of allylic oxidation sites excluding steroid dienone is 1. The van der Waals surface area contributed by atoms with Crippen LogP contribution in [0.3, 0.4) is 0 Å². The van der Waals surface area contributed by atoms with Crippen molar-refractivity contribution in [1.82, 2.24) is 14.8 Å². The molecule has 10 nitrogen and oxygen atoms in total. The van der Waals surface area contributed by atoms with Crippen molar-refractivity contribution in [3.05, 3.63) is 66.2 Å². The highest BCUT2D eigenvalue weighted by Crippen LogP contribution is 2.26. The molecule has 3 aromatic rings. The second-order valence-corrected chi connectivity index (χ2v) is 8.71. The number of carbonyl (C=O) groups is 3. The Kier molecular flexibility index (Phi) is 8.85. The maximum absolute atomic E-state index is 12.7. The van der Waals surface area contributed by atoms with Gasteiger partial charge in [0, 0.05) is 37.6 Å². The van der Waals surface area contributed by atoms with Gasteiger partial charge in [-0.05, 0) is 42.5 Å². The number of hydrogen-bond acceptors (Lipinski definition) is 9. The topological polar surface area (TPSA) is 116 Å². The Balaban J connectivity index is 1.76. The van der Waals surface area contributed by atoms with E-state index in [4.69, 9.17) is 9.47 Å². The summed E-state index contributed by atoms with van der Waals surface area (Å²) in [4.78, 5) is 38.6. The molecule has 2 aromatic carbocycles. The summed E-state index contributed by atoms with van der Waals surface area (Å²) in [7, 11) is 6.40. The molecule has 188 valence electrons. The number of hydrogen-bond donors (Lipinski definition) is 1. The Hall–Kier alpha value is -4.12. The van der Waals surface area contributed by atoms with E-state index in [0.717, 1.165) is 11.3 Å². The molecular weight excluding hydrogens is 482 g/mol. The minimum absolute atomic E-state index is 0.0187. The second-order valence-electron chi connectivity index (χ2n) is 7.77. The van der Waals surface area contributed by atoms with Gasteiger partial charge in [-0.25, -0.2) is 9.59 Å². The van der Waals surface area contributed by atoms with Gasteiger partial charge < -0.3 is 19.7 Å². The Labute approximate surface area is 213 Å². The van der Waals surface area contributed by atoms with E-state index in [2.05, 4.69) is 22.1 Å². The minimum Gasteiger partial charge on any atom is -0.465 e. The van der Waals surface area contributed by atoms with Crippen LogP contribution in [0.25, 0.3) is 11.4 Å². The second kappa shape index (κ2) is 12.0. The Morgan fingerprint density at radius 2 is 1.64 bits per heavy atom. The Morgan fingerprint density at radius 1 is 1.03 bits per heavy atom. The van der Waals surface area contributed by atoms with Crippen molar-refractivity contribution in [2.75, 3.05) is 44.3 Å². The molecule has 0 spiro atoms. The molecule has 3 rings (SSSR count). The maximum Gasteiger partial charge on any atom is 0.337 e. The summed E-state index contributed by atoms with van der Waals surface area (Å²) in [6.07, 6.45) is 1.73. The van der Waals surface area contributed by atoms with Crippen LogP contribution >= 0.6 is 11.8 Å². The summed E-state index contributed by atoms with van der Waals surface area (Å²) in [5, 5.41) is 11.8. The molecular formula is C25H27N5O5S. The van der Waals surface area contributed by atoms with Crippen molar-refractivity contribution >= 4 is 41.0 Å². The van der Waals surface area contributed by atoms with Crippen molar-refractivity contribution in [3.63, 3.8) is 0 Å². The molecule has 0 aliphatic heterocycles. The lowest BCUT2D eigenvalue weighted by Gasteiger charge is -2.13. The molecule has 11 heteroatoms. The summed E-state index contributed by atoms with van der Waals surface area (Å²) in [6.45, 7) is 4.28. The van der Waals surface area contributed by atoms with E-state index >= 15 is 0 Å². The molecule has 0 unspecified atom stereocenters. The number of methoxy groups -OCH3 is 2. The van der Waals surface area contributed by atoms with Crippen LogP contribution in [0.2, 0.25) is 0 Å². The molecule has 1 heterocycles. The van der Waals surface area contributed by atoms with E-state index in [1.54, 1.807) is 6.08 Å². The van der Waals surface area contributed by atoms with Gasteiger partial charge in [0.05, 0.1) is 31.1 Å². The monoisotopic (exact) mass is 509 g/mol. The number of thioether (sulfide) groups is 1. The Morgan fingerprint density at radius 3 is 2.17 bits per heavy atom. The van der Waals surface area contributed by atoms with Crippen LogP contribution in [0.1, 0.15) is 20.7 Å². The number of rotatable bonds is 10. The van der Waals surface area contributed by atoms with Gasteiger partial charge in [0.25, 0.3) is 0 Å². The zero-order valence-electron chi connectivity index (χ0n) is 20.5. The van der Waals surface area contributed by atoms with Crippen molar-refractivity contribution in [2.45, 2.75) is 11.7 Å². The first kappa shape index (κ1) is 26.5. The average Bonchev–Trinajstić information content (AvgIpc) is 3.28. The number of ether oxygens (including phenoxy) is 2. The number of amides is 1. The third-order valence-electron chi connectivity index (χ3n) is 5.06. The van der Waals surface area contributed by atoms with Crippen LogP contribution in [0.4, 0.5) is 11.4 Å². The number of nitrogens with one attached hydrogen (secondary N) is 1. The van der Waals surface area contributed by atoms with E-state index < -0.39 is 11.9 Å². The van der Waals surface area contributed by atoms with Gasteiger partial charge >= 0.3 is 11.9 Å². The Bertz CT molecular complexity index is 1240. The van der Waals surface area contributed by atoms with Crippen molar-refractivity contribution < 1.29 is 23.9 Å². The zero-order chi connectivity index (χ0) is 26.2. The van der Waals surface area contributed by atoms with Crippen molar-refractivity contribution in [1.29, 1.82) is 0 Å². The van der Waals surface area contributed by atoms with Gasteiger partial charge in [-0.2, -0.15) is 0 Å². The van der Waals surface area contributed by atoms with Gasteiger partial charge in [0.15, 0.2) is 11.0 Å². The summed E-state index contributed by atoms with van der Waals surface area (Å²) in [5.74, 6) is -0.965. The fraction of sp³-hybridized carbons (Fsp3) is 0.240. The molecule has 0 aliphatic carbocycles. The molecule has 0 aliphatic rings. The molecule has 0 atom stereocenters. The van der Waals surface area contributed by atoms with Crippen LogP contribution in [0, 0.1) is 0 Å². The number of anilines is 2. The average molecular weight is 510 g/mol. The predicted octanol–water partition coefficient (Wildman–Crippen LogP) is 3.50. The van der Waals surface area contributed by atoms with Crippen LogP contribution < -0.4 is 10.2 Å². The summed E-state index contributed by atoms with van der Waals surface area (Å²) >= 11 is 1.21. The molecule has 0 fully saturated rings. The van der Waals surface area contributed by atoms with Crippen LogP contribution in [-0.4, -0.2) is 66.7 Å². The van der Waals surface area contributed by atoms with Gasteiger partial charge in [0.2, 0.25) is 5.91 Å². The maximum atomic E-state index is 12.7. The number of aromatic nitrogens is 3. The molecule has 1 amide bonds. The smallest absolute Gasteiger partial charge is 0.337 e. The molecule has 1 aromatic heterocycles. The number of benzene rings is 2. The largest absolute Gasteiger partial charge is 0.465 e. The molecule has 0 radical (unpaired) electrons. The highest BCUT2D eigenvalue weighted by Gasteiger charge is 2.17. The molecule has 36 heavy (non-hydrogen) atoms. The predicted molar refractivity (Wildman–Crippen MR) is 138 cm³/mol. The first-order valence-electron chi connectivity index (χ1n) is 10.8. The summed E-state index contributed by atoms with van der Waals surface area (Å²) < 4.78 is 11.3. The van der Waals surface area contributed by atoms with Crippen LogP contribution in [-0.2, 0) is 20.8 Å². The lowest BCUT2D eigenvalue weighted by Crippen LogP contribution is -2.16. The van der Waals surface area contributed by atoms with Crippen LogP contribution in [0.5, 0.6) is 0 Å². The standard InChI is InChI=1S/C25H27N5O5S/c1-6-11-30-22(16-7-9-20(10-8-16)29(2)3)27-28-25(30)36-15-21(31)26-19-13-17(23(32)34-4)12-18(14-19)24(33)35-5/h6-10,12-14H,1,11,15H2,2-5H3,(H,26,31). The number of carbonyl (C=O) groups excluding carboxylic acids is 3. The molecule has 0 saturated heterocycles. The number of esters is 2. The minimum atomic E-state index is -0.644. The third kappa shape index (κ3) is 6.30. The lowest BCUT2D eigenvalue weighted by atomic mass is 10.1. The molecule has 0 bridgehead atoms. The van der Waals surface area contributed by atoms with E-state index in [9.17, 15) is 14.4 Å². The van der Waals surface area contributed by atoms with E-state index in [-0.39, 0.29) is 28.5 Å². The normalized spacial score (nSPS) is 10.4. The van der Waals surface area contributed by atoms with Gasteiger partial charge in [0.1, 0.15) is 0 Å².